The normalized spacial score (nSPS) is 11.5. The minimum absolute atomic E-state index is 0.900. The van der Waals surface area contributed by atoms with Crippen LogP contribution < -0.4 is 4.90 Å². The molecule has 13 aromatic rings. The van der Waals surface area contributed by atoms with Gasteiger partial charge in [0.25, 0.3) is 0 Å². The van der Waals surface area contributed by atoms with Gasteiger partial charge in [0.2, 0.25) is 0 Å². The third-order valence-electron chi connectivity index (χ3n) is 14.0. The third-order valence-corrected chi connectivity index (χ3v) is 14.0. The van der Waals surface area contributed by atoms with Crippen LogP contribution in [0, 0.1) is 13.8 Å². The van der Waals surface area contributed by atoms with E-state index in [-0.39, 0.29) is 0 Å². The molecule has 0 unspecified atom stereocenters. The Morgan fingerprint density at radius 1 is 0.310 bits per heavy atom. The summed E-state index contributed by atoms with van der Waals surface area (Å²) in [6.07, 6.45) is 0. The molecule has 0 amide bonds. The predicted molar refractivity (Wildman–Crippen MR) is 299 cm³/mol. The molecule has 11 aromatic carbocycles. The van der Waals surface area contributed by atoms with Gasteiger partial charge in [-0.15, -0.1) is 0 Å². The maximum Gasteiger partial charge on any atom is 0.143 e. The van der Waals surface area contributed by atoms with Crippen molar-refractivity contribution in [3.8, 4) is 61.3 Å². The van der Waals surface area contributed by atoms with E-state index in [1.807, 2.05) is 12.1 Å². The Morgan fingerprint density at radius 2 is 0.789 bits per heavy atom. The van der Waals surface area contributed by atoms with Crippen LogP contribution in [0.1, 0.15) is 11.1 Å². The number of anilines is 3. The number of benzene rings is 11. The maximum absolute atomic E-state index is 6.48. The second-order valence-electron chi connectivity index (χ2n) is 18.7. The topological polar surface area (TPSA) is 21.3 Å². The number of furan rings is 1. The molecule has 71 heavy (non-hydrogen) atoms. The minimum Gasteiger partial charge on any atom is -0.455 e. The van der Waals surface area contributed by atoms with Gasteiger partial charge >= 0.3 is 0 Å². The maximum atomic E-state index is 6.48. The first-order chi connectivity index (χ1) is 35.0. The van der Waals surface area contributed by atoms with Gasteiger partial charge in [-0.05, 0) is 155 Å². The summed E-state index contributed by atoms with van der Waals surface area (Å²) >= 11 is 0. The summed E-state index contributed by atoms with van der Waals surface area (Å²) in [6.45, 7) is 4.35. The van der Waals surface area contributed by atoms with Crippen molar-refractivity contribution in [1.82, 2.24) is 4.57 Å². The highest BCUT2D eigenvalue weighted by molar-refractivity contribution is 6.11. The van der Waals surface area contributed by atoms with Gasteiger partial charge in [-0.25, -0.2) is 0 Å². The molecule has 3 nitrogen and oxygen atoms in total. The highest BCUT2D eigenvalue weighted by atomic mass is 16.3. The summed E-state index contributed by atoms with van der Waals surface area (Å²) in [6, 6.07) is 92.4. The van der Waals surface area contributed by atoms with E-state index in [0.717, 1.165) is 66.9 Å². The molecule has 0 spiro atoms. The molecule has 336 valence electrons. The molecule has 0 atom stereocenters. The highest BCUT2D eigenvalue weighted by Crippen LogP contribution is 2.42. The summed E-state index contributed by atoms with van der Waals surface area (Å²) in [5.74, 6) is 0. The summed E-state index contributed by atoms with van der Waals surface area (Å²) < 4.78 is 8.85. The quantitative estimate of drug-likeness (QED) is 0.144. The van der Waals surface area contributed by atoms with Crippen LogP contribution in [0.2, 0.25) is 0 Å². The number of aryl methyl sites for hydroxylation is 2. The lowest BCUT2D eigenvalue weighted by Gasteiger charge is -2.26. The summed E-state index contributed by atoms with van der Waals surface area (Å²) in [4.78, 5) is 2.36. The number of rotatable bonds is 9. The van der Waals surface area contributed by atoms with E-state index in [4.69, 9.17) is 4.42 Å². The molecule has 0 saturated heterocycles. The van der Waals surface area contributed by atoms with Crippen LogP contribution in [0.5, 0.6) is 0 Å². The first-order valence-electron chi connectivity index (χ1n) is 24.4. The van der Waals surface area contributed by atoms with Gasteiger partial charge in [0, 0.05) is 49.9 Å². The molecule has 0 aliphatic rings. The van der Waals surface area contributed by atoms with Gasteiger partial charge in [0.1, 0.15) is 11.2 Å². The molecule has 2 aromatic heterocycles. The van der Waals surface area contributed by atoms with Crippen molar-refractivity contribution in [3.63, 3.8) is 0 Å². The van der Waals surface area contributed by atoms with Crippen molar-refractivity contribution in [2.45, 2.75) is 13.8 Å². The molecular weight excluding hydrogens is 861 g/mol. The van der Waals surface area contributed by atoms with E-state index < -0.39 is 0 Å². The number of fused-ring (bicyclic) bond motifs is 6. The zero-order chi connectivity index (χ0) is 47.4. The average molecular weight is 909 g/mol. The lowest BCUT2D eigenvalue weighted by atomic mass is 9.92. The van der Waals surface area contributed by atoms with Crippen LogP contribution in [0.15, 0.2) is 259 Å². The van der Waals surface area contributed by atoms with Crippen LogP contribution in [0.4, 0.5) is 17.1 Å². The largest absolute Gasteiger partial charge is 0.455 e. The van der Waals surface area contributed by atoms with Crippen molar-refractivity contribution >= 4 is 60.8 Å². The van der Waals surface area contributed by atoms with Crippen molar-refractivity contribution < 1.29 is 4.42 Å². The molecule has 0 fully saturated rings. The highest BCUT2D eigenvalue weighted by Gasteiger charge is 2.18. The fourth-order valence-corrected chi connectivity index (χ4v) is 10.7. The van der Waals surface area contributed by atoms with Gasteiger partial charge in [-0.2, -0.15) is 0 Å². The molecule has 3 heteroatoms. The van der Waals surface area contributed by atoms with Gasteiger partial charge in [0.15, 0.2) is 0 Å². The number of para-hydroxylation sites is 4. The fraction of sp³-hybridized carbons (Fsp3) is 0.0294. The summed E-state index contributed by atoms with van der Waals surface area (Å²) in [5, 5.41) is 4.74. The predicted octanol–water partition coefficient (Wildman–Crippen LogP) is 19.1. The van der Waals surface area contributed by atoms with Gasteiger partial charge in [-0.1, -0.05) is 175 Å². The minimum atomic E-state index is 0.900. The van der Waals surface area contributed by atoms with E-state index >= 15 is 0 Å². The number of nitrogens with zero attached hydrogens (tertiary/aromatic N) is 2. The monoisotopic (exact) mass is 908 g/mol. The van der Waals surface area contributed by atoms with Gasteiger partial charge in [0.05, 0.1) is 11.0 Å². The molecule has 2 heterocycles. The molecule has 13 rings (SSSR count). The average Bonchev–Trinajstić information content (AvgIpc) is 3.98. The SMILES string of the molecule is Cc1cc(C)cc(-c2cc(-c3ccccc3)cc(-c3ccc(N(c4ccc(-c5ccc6c(c5)c5ccccc5n6-c5ccccc5)cc4)c4ccc(-c5cccc6c5oc5ccccc56)cc4)cc3)c2)c1. The van der Waals surface area contributed by atoms with Crippen LogP contribution in [-0.4, -0.2) is 4.57 Å². The van der Waals surface area contributed by atoms with Crippen molar-refractivity contribution in [1.29, 1.82) is 0 Å². The van der Waals surface area contributed by atoms with Crippen LogP contribution >= 0.6 is 0 Å². The van der Waals surface area contributed by atoms with E-state index in [0.29, 0.717) is 0 Å². The van der Waals surface area contributed by atoms with Crippen LogP contribution in [0.25, 0.3) is 105 Å². The Morgan fingerprint density at radius 3 is 1.45 bits per heavy atom. The van der Waals surface area contributed by atoms with E-state index in [1.54, 1.807) is 0 Å². The first kappa shape index (κ1) is 42.0. The van der Waals surface area contributed by atoms with E-state index in [2.05, 4.69) is 266 Å². The lowest BCUT2D eigenvalue weighted by Crippen LogP contribution is -2.09. The number of hydrogen-bond acceptors (Lipinski definition) is 2. The van der Waals surface area contributed by atoms with Gasteiger partial charge < -0.3 is 13.9 Å². The fourth-order valence-electron chi connectivity index (χ4n) is 10.7. The Labute approximate surface area is 413 Å². The molecule has 0 radical (unpaired) electrons. The first-order valence-corrected chi connectivity index (χ1v) is 24.4. The standard InChI is InChI=1S/C68H48N2O/c1-45-38-46(2)40-52(39-45)55-42-53(47-14-5-3-6-15-47)41-54(43-55)49-26-33-58(34-27-49)69(59-35-28-50(29-36-59)60-20-13-21-63-62-19-10-12-23-67(62)71-68(60)63)57-31-24-48(25-32-57)51-30-37-66-64(44-51)61-18-9-11-22-65(61)70(66)56-16-7-4-8-17-56/h3-44H,1-2H3. The number of hydrogen-bond donors (Lipinski definition) is 0. The summed E-state index contributed by atoms with van der Waals surface area (Å²) in [5.41, 5.74) is 22.8. The van der Waals surface area contributed by atoms with Crippen molar-refractivity contribution in [2.75, 3.05) is 4.90 Å². The smallest absolute Gasteiger partial charge is 0.143 e. The molecular formula is C68H48N2O. The molecule has 0 aliphatic carbocycles. The van der Waals surface area contributed by atoms with Crippen molar-refractivity contribution in [2.24, 2.45) is 0 Å². The lowest BCUT2D eigenvalue weighted by molar-refractivity contribution is 0.670. The number of aromatic nitrogens is 1. The van der Waals surface area contributed by atoms with E-state index in [9.17, 15) is 0 Å². The Bertz CT molecular complexity index is 4070. The second-order valence-corrected chi connectivity index (χ2v) is 18.7. The third kappa shape index (κ3) is 7.65. The van der Waals surface area contributed by atoms with Gasteiger partial charge in [-0.3, -0.25) is 0 Å². The van der Waals surface area contributed by atoms with E-state index in [1.165, 1.54) is 66.3 Å². The molecule has 0 aliphatic heterocycles. The Kier molecular flexibility index (Phi) is 10.3. The van der Waals surface area contributed by atoms with Crippen molar-refractivity contribution in [3.05, 3.63) is 266 Å². The molecule has 0 bridgehead atoms. The Hall–Kier alpha value is -9.18. The zero-order valence-corrected chi connectivity index (χ0v) is 39.6. The second kappa shape index (κ2) is 17.4. The zero-order valence-electron chi connectivity index (χ0n) is 39.6. The van der Waals surface area contributed by atoms with Crippen LogP contribution in [-0.2, 0) is 0 Å². The Balaban J connectivity index is 0.900. The summed E-state index contributed by atoms with van der Waals surface area (Å²) in [7, 11) is 0. The molecule has 0 saturated carbocycles. The van der Waals surface area contributed by atoms with Crippen LogP contribution in [0.3, 0.4) is 0 Å². The molecule has 0 N–H and O–H groups in total.